The van der Waals surface area contributed by atoms with Crippen LogP contribution in [0.1, 0.15) is 21.1 Å². The second kappa shape index (κ2) is 6.45. The first-order valence-corrected chi connectivity index (χ1v) is 8.23. The fraction of sp³-hybridized carbons (Fsp3) is 0.235. The summed E-state index contributed by atoms with van der Waals surface area (Å²) in [7, 11) is 3.38. The lowest BCUT2D eigenvalue weighted by Crippen LogP contribution is -2.15. The van der Waals surface area contributed by atoms with Crippen LogP contribution in [0.15, 0.2) is 30.3 Å². The summed E-state index contributed by atoms with van der Waals surface area (Å²) >= 11 is 1.45. The number of carbonyl (C=O) groups excluding carboxylic acids is 1. The van der Waals surface area contributed by atoms with Gasteiger partial charge in [0.2, 0.25) is 0 Å². The minimum atomic E-state index is -0.215. The molecule has 0 atom stereocenters. The number of methoxy groups -OCH3 is 1. The van der Waals surface area contributed by atoms with Gasteiger partial charge in [0.25, 0.3) is 5.91 Å². The number of amides is 1. The first-order valence-electron chi connectivity index (χ1n) is 7.42. The molecular weight excluding hydrogens is 324 g/mol. The highest BCUT2D eigenvalue weighted by Gasteiger charge is 2.16. The molecule has 0 spiro atoms. The molecule has 6 nitrogen and oxygen atoms in total. The number of thiazole rings is 1. The van der Waals surface area contributed by atoms with E-state index in [1.807, 2.05) is 38.1 Å². The molecule has 0 bridgehead atoms. The van der Waals surface area contributed by atoms with Crippen molar-refractivity contribution in [3.05, 3.63) is 46.6 Å². The lowest BCUT2D eigenvalue weighted by atomic mass is 10.1. The van der Waals surface area contributed by atoms with Gasteiger partial charge in [0, 0.05) is 17.5 Å². The number of carbonyl (C=O) groups is 1. The molecule has 2 heterocycles. The Balaban J connectivity index is 1.83. The van der Waals surface area contributed by atoms with Crippen molar-refractivity contribution in [1.82, 2.24) is 14.8 Å². The van der Waals surface area contributed by atoms with Gasteiger partial charge in [-0.05, 0) is 44.2 Å². The number of anilines is 1. The summed E-state index contributed by atoms with van der Waals surface area (Å²) in [5.41, 5.74) is 3.16. The predicted octanol–water partition coefficient (Wildman–Crippen LogP) is 3.42. The van der Waals surface area contributed by atoms with E-state index in [9.17, 15) is 4.79 Å². The fourth-order valence-corrected chi connectivity index (χ4v) is 3.28. The van der Waals surface area contributed by atoms with E-state index in [-0.39, 0.29) is 5.91 Å². The first-order chi connectivity index (χ1) is 11.5. The van der Waals surface area contributed by atoms with Gasteiger partial charge >= 0.3 is 0 Å². The third kappa shape index (κ3) is 3.16. The third-order valence-corrected chi connectivity index (χ3v) is 4.50. The van der Waals surface area contributed by atoms with Crippen LogP contribution in [-0.2, 0) is 7.05 Å². The van der Waals surface area contributed by atoms with E-state index in [2.05, 4.69) is 15.4 Å². The molecule has 124 valence electrons. The van der Waals surface area contributed by atoms with Crippen LogP contribution in [0.2, 0.25) is 0 Å². The molecule has 0 saturated heterocycles. The molecule has 0 saturated carbocycles. The summed E-state index contributed by atoms with van der Waals surface area (Å²) in [6.07, 6.45) is 0. The Hall–Kier alpha value is -2.67. The zero-order chi connectivity index (χ0) is 17.3. The highest BCUT2D eigenvalue weighted by atomic mass is 32.1. The fourth-order valence-electron chi connectivity index (χ4n) is 2.45. The standard InChI is InChI=1S/C17H18N4O2S/c1-10-9-14(21(3)20-10)16(22)19-17-18-15(11(2)24-17)12-5-7-13(23-4)8-6-12/h5-9H,1-4H3,(H,18,19,22). The SMILES string of the molecule is COc1ccc(-c2nc(NC(=O)c3cc(C)nn3C)sc2C)cc1. The number of hydrogen-bond donors (Lipinski definition) is 1. The second-order valence-electron chi connectivity index (χ2n) is 5.40. The van der Waals surface area contributed by atoms with Crippen molar-refractivity contribution >= 4 is 22.4 Å². The van der Waals surface area contributed by atoms with Crippen LogP contribution >= 0.6 is 11.3 Å². The summed E-state index contributed by atoms with van der Waals surface area (Å²) in [4.78, 5) is 18.0. The summed E-state index contributed by atoms with van der Waals surface area (Å²) in [5, 5.41) is 7.61. The maximum Gasteiger partial charge on any atom is 0.275 e. The van der Waals surface area contributed by atoms with E-state index in [0.29, 0.717) is 10.8 Å². The molecular formula is C17H18N4O2S. The summed E-state index contributed by atoms with van der Waals surface area (Å²) in [6.45, 7) is 3.84. The summed E-state index contributed by atoms with van der Waals surface area (Å²) in [6, 6.07) is 9.45. The molecule has 3 aromatic rings. The van der Waals surface area contributed by atoms with Gasteiger partial charge in [-0.2, -0.15) is 5.10 Å². The Morgan fingerprint density at radius 3 is 2.54 bits per heavy atom. The van der Waals surface area contributed by atoms with Crippen molar-refractivity contribution in [2.75, 3.05) is 12.4 Å². The maximum atomic E-state index is 12.4. The minimum absolute atomic E-state index is 0.215. The van der Waals surface area contributed by atoms with Crippen molar-refractivity contribution in [3.8, 4) is 17.0 Å². The van der Waals surface area contributed by atoms with E-state index >= 15 is 0 Å². The van der Waals surface area contributed by atoms with Crippen LogP contribution in [0.5, 0.6) is 5.75 Å². The quantitative estimate of drug-likeness (QED) is 0.789. The van der Waals surface area contributed by atoms with Gasteiger partial charge in [-0.3, -0.25) is 14.8 Å². The number of hydrogen-bond acceptors (Lipinski definition) is 5. The van der Waals surface area contributed by atoms with Crippen molar-refractivity contribution in [2.24, 2.45) is 7.05 Å². The van der Waals surface area contributed by atoms with Gasteiger partial charge in [-0.15, -0.1) is 11.3 Å². The topological polar surface area (TPSA) is 69.0 Å². The molecule has 2 aromatic heterocycles. The molecule has 1 N–H and O–H groups in total. The molecule has 0 aliphatic carbocycles. The Bertz CT molecular complexity index is 881. The molecule has 0 aliphatic heterocycles. The van der Waals surface area contributed by atoms with Crippen LogP contribution in [0.4, 0.5) is 5.13 Å². The van der Waals surface area contributed by atoms with Crippen molar-refractivity contribution in [1.29, 1.82) is 0 Å². The average molecular weight is 342 g/mol. The van der Waals surface area contributed by atoms with Crippen molar-refractivity contribution < 1.29 is 9.53 Å². The van der Waals surface area contributed by atoms with Crippen molar-refractivity contribution in [3.63, 3.8) is 0 Å². The normalized spacial score (nSPS) is 10.7. The van der Waals surface area contributed by atoms with Crippen molar-refractivity contribution in [2.45, 2.75) is 13.8 Å². The maximum absolute atomic E-state index is 12.4. The number of benzene rings is 1. The molecule has 0 radical (unpaired) electrons. The highest BCUT2D eigenvalue weighted by Crippen LogP contribution is 2.31. The van der Waals surface area contributed by atoms with E-state index < -0.39 is 0 Å². The van der Waals surface area contributed by atoms with E-state index in [1.54, 1.807) is 24.9 Å². The molecule has 1 amide bonds. The van der Waals surface area contributed by atoms with Crippen LogP contribution < -0.4 is 10.1 Å². The highest BCUT2D eigenvalue weighted by molar-refractivity contribution is 7.16. The van der Waals surface area contributed by atoms with Gasteiger partial charge in [0.15, 0.2) is 5.13 Å². The number of aryl methyl sites for hydroxylation is 3. The van der Waals surface area contributed by atoms with Gasteiger partial charge in [0.1, 0.15) is 11.4 Å². The number of rotatable bonds is 4. The lowest BCUT2D eigenvalue weighted by Gasteiger charge is -2.02. The molecule has 0 unspecified atom stereocenters. The first kappa shape index (κ1) is 16.2. The van der Waals surface area contributed by atoms with Crippen LogP contribution in [0.25, 0.3) is 11.3 Å². The van der Waals surface area contributed by atoms with Gasteiger partial charge < -0.3 is 4.74 Å². The number of nitrogens with one attached hydrogen (secondary N) is 1. The molecule has 0 fully saturated rings. The largest absolute Gasteiger partial charge is 0.497 e. The minimum Gasteiger partial charge on any atom is -0.497 e. The van der Waals surface area contributed by atoms with Crippen LogP contribution in [0.3, 0.4) is 0 Å². The zero-order valence-corrected chi connectivity index (χ0v) is 14.8. The Kier molecular flexibility index (Phi) is 4.35. The average Bonchev–Trinajstić information content (AvgIpc) is 3.09. The molecule has 0 aliphatic rings. The third-order valence-electron chi connectivity index (χ3n) is 3.62. The molecule has 7 heteroatoms. The summed E-state index contributed by atoms with van der Waals surface area (Å²) < 4.78 is 6.74. The van der Waals surface area contributed by atoms with Gasteiger partial charge in [0.05, 0.1) is 18.5 Å². The monoisotopic (exact) mass is 342 g/mol. The molecule has 3 rings (SSSR count). The summed E-state index contributed by atoms with van der Waals surface area (Å²) in [5.74, 6) is 0.583. The Morgan fingerprint density at radius 1 is 1.25 bits per heavy atom. The van der Waals surface area contributed by atoms with E-state index in [4.69, 9.17) is 4.74 Å². The Morgan fingerprint density at radius 2 is 1.96 bits per heavy atom. The van der Waals surface area contributed by atoms with Gasteiger partial charge in [-0.1, -0.05) is 0 Å². The lowest BCUT2D eigenvalue weighted by molar-refractivity contribution is 0.101. The van der Waals surface area contributed by atoms with E-state index in [0.717, 1.165) is 27.6 Å². The van der Waals surface area contributed by atoms with Crippen LogP contribution in [-0.4, -0.2) is 27.8 Å². The number of ether oxygens (including phenoxy) is 1. The van der Waals surface area contributed by atoms with Crippen LogP contribution in [0, 0.1) is 13.8 Å². The smallest absolute Gasteiger partial charge is 0.275 e. The Labute approximate surface area is 144 Å². The molecule has 1 aromatic carbocycles. The molecule has 24 heavy (non-hydrogen) atoms. The predicted molar refractivity (Wildman–Crippen MR) is 94.7 cm³/mol. The van der Waals surface area contributed by atoms with Gasteiger partial charge in [-0.25, -0.2) is 4.98 Å². The number of nitrogens with zero attached hydrogens (tertiary/aromatic N) is 3. The van der Waals surface area contributed by atoms with E-state index in [1.165, 1.54) is 11.3 Å². The number of aromatic nitrogens is 3. The second-order valence-corrected chi connectivity index (χ2v) is 6.60. The zero-order valence-electron chi connectivity index (χ0n) is 14.0.